The van der Waals surface area contributed by atoms with Crippen LogP contribution < -0.4 is 0 Å². The lowest BCUT2D eigenvalue weighted by molar-refractivity contribution is 0.966. The molecule has 4 rings (SSSR count). The SMILES string of the molecule is c1ccc(-c2nc3cc(-c4ccncc4)ccn3n2)cc1. The van der Waals surface area contributed by atoms with E-state index in [0.29, 0.717) is 0 Å². The Labute approximate surface area is 121 Å². The fourth-order valence-corrected chi connectivity index (χ4v) is 2.32. The standard InChI is InChI=1S/C17H12N4/c1-2-4-14(5-3-1)17-19-16-12-15(8-11-21(16)20-17)13-6-9-18-10-7-13/h1-12H. The summed E-state index contributed by atoms with van der Waals surface area (Å²) in [5.41, 5.74) is 4.09. The first-order valence-corrected chi connectivity index (χ1v) is 6.72. The van der Waals surface area contributed by atoms with E-state index in [1.54, 1.807) is 16.9 Å². The van der Waals surface area contributed by atoms with Crippen LogP contribution in [0.15, 0.2) is 73.2 Å². The minimum absolute atomic E-state index is 0.738. The monoisotopic (exact) mass is 272 g/mol. The third kappa shape index (κ3) is 2.17. The Balaban J connectivity index is 1.82. The first-order valence-electron chi connectivity index (χ1n) is 6.72. The summed E-state index contributed by atoms with van der Waals surface area (Å²) in [5, 5.41) is 4.51. The van der Waals surface area contributed by atoms with Crippen LogP contribution in [-0.2, 0) is 0 Å². The van der Waals surface area contributed by atoms with Crippen molar-refractivity contribution in [3.8, 4) is 22.5 Å². The summed E-state index contributed by atoms with van der Waals surface area (Å²) in [7, 11) is 0. The molecular weight excluding hydrogens is 260 g/mol. The van der Waals surface area contributed by atoms with Crippen molar-refractivity contribution in [1.29, 1.82) is 0 Å². The van der Waals surface area contributed by atoms with Gasteiger partial charge in [-0.15, -0.1) is 5.10 Å². The highest BCUT2D eigenvalue weighted by molar-refractivity contribution is 5.68. The Morgan fingerprint density at radius 1 is 0.762 bits per heavy atom. The fourth-order valence-electron chi connectivity index (χ4n) is 2.32. The molecule has 0 aliphatic heterocycles. The molecule has 0 amide bonds. The molecule has 100 valence electrons. The van der Waals surface area contributed by atoms with E-state index in [2.05, 4.69) is 15.1 Å². The molecule has 0 aliphatic carbocycles. The molecule has 0 unspecified atom stereocenters. The lowest BCUT2D eigenvalue weighted by Crippen LogP contribution is -1.87. The van der Waals surface area contributed by atoms with Gasteiger partial charge in [-0.25, -0.2) is 9.50 Å². The molecule has 3 heterocycles. The predicted molar refractivity (Wildman–Crippen MR) is 81.7 cm³/mol. The van der Waals surface area contributed by atoms with Gasteiger partial charge in [0, 0.05) is 24.2 Å². The van der Waals surface area contributed by atoms with Crippen molar-refractivity contribution >= 4 is 5.65 Å². The topological polar surface area (TPSA) is 43.1 Å². The van der Waals surface area contributed by atoms with E-state index in [9.17, 15) is 0 Å². The number of hydrogen-bond donors (Lipinski definition) is 0. The molecule has 4 aromatic rings. The molecule has 0 radical (unpaired) electrons. The van der Waals surface area contributed by atoms with Crippen molar-refractivity contribution < 1.29 is 0 Å². The maximum atomic E-state index is 4.61. The van der Waals surface area contributed by atoms with E-state index in [4.69, 9.17) is 0 Å². The van der Waals surface area contributed by atoms with E-state index < -0.39 is 0 Å². The van der Waals surface area contributed by atoms with E-state index in [-0.39, 0.29) is 0 Å². The molecule has 0 spiro atoms. The maximum Gasteiger partial charge on any atom is 0.182 e. The largest absolute Gasteiger partial charge is 0.265 e. The predicted octanol–water partition coefficient (Wildman–Crippen LogP) is 3.46. The summed E-state index contributed by atoms with van der Waals surface area (Å²) in [6, 6.07) is 18.0. The normalized spacial score (nSPS) is 10.9. The lowest BCUT2D eigenvalue weighted by Gasteiger charge is -2.00. The lowest BCUT2D eigenvalue weighted by atomic mass is 10.1. The Kier molecular flexibility index (Phi) is 2.71. The van der Waals surface area contributed by atoms with Crippen molar-refractivity contribution in [3.05, 3.63) is 73.2 Å². The summed E-state index contributed by atoms with van der Waals surface area (Å²) >= 11 is 0. The van der Waals surface area contributed by atoms with Gasteiger partial charge in [0.25, 0.3) is 0 Å². The third-order valence-corrected chi connectivity index (χ3v) is 3.38. The summed E-state index contributed by atoms with van der Waals surface area (Å²) < 4.78 is 1.80. The van der Waals surface area contributed by atoms with Gasteiger partial charge in [-0.1, -0.05) is 30.3 Å². The van der Waals surface area contributed by atoms with Gasteiger partial charge >= 0.3 is 0 Å². The van der Waals surface area contributed by atoms with Crippen LogP contribution in [0.4, 0.5) is 0 Å². The average Bonchev–Trinajstić information content (AvgIpc) is 2.99. The van der Waals surface area contributed by atoms with Gasteiger partial charge in [0.2, 0.25) is 0 Å². The fraction of sp³-hybridized carbons (Fsp3) is 0. The Morgan fingerprint density at radius 3 is 2.38 bits per heavy atom. The highest BCUT2D eigenvalue weighted by Gasteiger charge is 2.07. The number of fused-ring (bicyclic) bond motifs is 1. The molecule has 4 nitrogen and oxygen atoms in total. The van der Waals surface area contributed by atoms with Gasteiger partial charge < -0.3 is 0 Å². The van der Waals surface area contributed by atoms with Crippen LogP contribution in [0.5, 0.6) is 0 Å². The van der Waals surface area contributed by atoms with Crippen LogP contribution in [0.1, 0.15) is 0 Å². The summed E-state index contributed by atoms with van der Waals surface area (Å²) in [4.78, 5) is 8.65. The van der Waals surface area contributed by atoms with E-state index in [1.165, 1.54) is 0 Å². The number of hydrogen-bond acceptors (Lipinski definition) is 3. The third-order valence-electron chi connectivity index (χ3n) is 3.38. The Hall–Kier alpha value is -3.01. The zero-order chi connectivity index (χ0) is 14.1. The molecule has 0 saturated heterocycles. The van der Waals surface area contributed by atoms with Gasteiger partial charge in [0.1, 0.15) is 0 Å². The van der Waals surface area contributed by atoms with Crippen molar-refractivity contribution in [2.45, 2.75) is 0 Å². The van der Waals surface area contributed by atoms with E-state index in [1.807, 2.05) is 60.8 Å². The van der Waals surface area contributed by atoms with E-state index in [0.717, 1.165) is 28.2 Å². The maximum absolute atomic E-state index is 4.61. The molecule has 0 bridgehead atoms. The van der Waals surface area contributed by atoms with Crippen molar-refractivity contribution in [3.63, 3.8) is 0 Å². The number of benzene rings is 1. The Morgan fingerprint density at radius 2 is 1.57 bits per heavy atom. The number of pyridine rings is 2. The molecule has 3 aromatic heterocycles. The second-order valence-corrected chi connectivity index (χ2v) is 4.76. The molecule has 0 saturated carbocycles. The summed E-state index contributed by atoms with van der Waals surface area (Å²) in [5.74, 6) is 0.738. The van der Waals surface area contributed by atoms with Gasteiger partial charge in [-0.3, -0.25) is 4.98 Å². The van der Waals surface area contributed by atoms with Gasteiger partial charge in [-0.2, -0.15) is 0 Å². The molecule has 0 fully saturated rings. The molecule has 0 aliphatic rings. The number of rotatable bonds is 2. The van der Waals surface area contributed by atoms with Gasteiger partial charge in [0.15, 0.2) is 11.5 Å². The van der Waals surface area contributed by atoms with Crippen LogP contribution >= 0.6 is 0 Å². The highest BCUT2D eigenvalue weighted by Crippen LogP contribution is 2.21. The van der Waals surface area contributed by atoms with Crippen LogP contribution in [0.25, 0.3) is 28.2 Å². The molecule has 1 aromatic carbocycles. The van der Waals surface area contributed by atoms with Crippen molar-refractivity contribution in [2.24, 2.45) is 0 Å². The highest BCUT2D eigenvalue weighted by atomic mass is 15.3. The van der Waals surface area contributed by atoms with E-state index >= 15 is 0 Å². The zero-order valence-electron chi connectivity index (χ0n) is 11.2. The summed E-state index contributed by atoms with van der Waals surface area (Å²) in [6.45, 7) is 0. The van der Waals surface area contributed by atoms with Crippen LogP contribution in [-0.4, -0.2) is 19.6 Å². The molecule has 4 heteroatoms. The molecular formula is C17H12N4. The Bertz CT molecular complexity index is 845. The summed E-state index contributed by atoms with van der Waals surface area (Å²) in [6.07, 6.45) is 5.52. The van der Waals surface area contributed by atoms with Crippen LogP contribution in [0.3, 0.4) is 0 Å². The van der Waals surface area contributed by atoms with Crippen molar-refractivity contribution in [2.75, 3.05) is 0 Å². The van der Waals surface area contributed by atoms with Gasteiger partial charge in [0.05, 0.1) is 0 Å². The first kappa shape index (κ1) is 11.8. The minimum Gasteiger partial charge on any atom is -0.265 e. The van der Waals surface area contributed by atoms with Gasteiger partial charge in [-0.05, 0) is 35.4 Å². The first-order chi connectivity index (χ1) is 10.4. The number of aromatic nitrogens is 4. The molecule has 0 N–H and O–H groups in total. The second kappa shape index (κ2) is 4.83. The van der Waals surface area contributed by atoms with Crippen LogP contribution in [0.2, 0.25) is 0 Å². The zero-order valence-corrected chi connectivity index (χ0v) is 11.2. The molecule has 0 atom stereocenters. The second-order valence-electron chi connectivity index (χ2n) is 4.76. The van der Waals surface area contributed by atoms with Crippen LogP contribution in [0, 0.1) is 0 Å². The quantitative estimate of drug-likeness (QED) is 0.561. The smallest absolute Gasteiger partial charge is 0.182 e. The number of nitrogens with zero attached hydrogens (tertiary/aromatic N) is 4. The minimum atomic E-state index is 0.738. The average molecular weight is 272 g/mol. The molecule has 21 heavy (non-hydrogen) atoms. The van der Waals surface area contributed by atoms with Crippen molar-refractivity contribution in [1.82, 2.24) is 19.6 Å².